The van der Waals surface area contributed by atoms with E-state index in [2.05, 4.69) is 9.47 Å². The van der Waals surface area contributed by atoms with E-state index >= 15 is 0 Å². The second kappa shape index (κ2) is 5.38. The maximum Gasteiger partial charge on any atom is 0.354 e. The highest BCUT2D eigenvalue weighted by molar-refractivity contribution is 5.95. The van der Waals surface area contributed by atoms with E-state index in [1.807, 2.05) is 4.90 Å². The Bertz CT molecular complexity index is 279. The van der Waals surface area contributed by atoms with E-state index in [0.717, 1.165) is 25.9 Å². The molecule has 0 aliphatic carbocycles. The van der Waals surface area contributed by atoms with E-state index in [-0.39, 0.29) is 5.70 Å². The van der Waals surface area contributed by atoms with Crippen LogP contribution in [-0.4, -0.2) is 44.1 Å². The van der Waals surface area contributed by atoms with Crippen LogP contribution in [0.15, 0.2) is 11.8 Å². The average molecular weight is 213 g/mol. The predicted octanol–water partition coefficient (Wildman–Crippen LogP) is 0.312. The van der Waals surface area contributed by atoms with Gasteiger partial charge in [-0.1, -0.05) is 0 Å². The van der Waals surface area contributed by atoms with Crippen LogP contribution in [0.3, 0.4) is 0 Å². The Morgan fingerprint density at radius 3 is 2.20 bits per heavy atom. The molecule has 1 heterocycles. The molecule has 84 valence electrons. The Morgan fingerprint density at radius 2 is 1.73 bits per heavy atom. The van der Waals surface area contributed by atoms with Crippen LogP contribution >= 0.6 is 0 Å². The second-order valence-electron chi connectivity index (χ2n) is 3.24. The summed E-state index contributed by atoms with van der Waals surface area (Å²) in [5, 5.41) is 0. The lowest BCUT2D eigenvalue weighted by atomic mass is 10.3. The Morgan fingerprint density at radius 1 is 1.13 bits per heavy atom. The highest BCUT2D eigenvalue weighted by Crippen LogP contribution is 2.15. The van der Waals surface area contributed by atoms with E-state index in [1.165, 1.54) is 20.3 Å². The number of hydrogen-bond donors (Lipinski definition) is 0. The summed E-state index contributed by atoms with van der Waals surface area (Å²) in [4.78, 5) is 24.3. The third-order valence-electron chi connectivity index (χ3n) is 2.30. The van der Waals surface area contributed by atoms with E-state index in [1.54, 1.807) is 0 Å². The molecule has 0 aromatic carbocycles. The van der Waals surface area contributed by atoms with Crippen molar-refractivity contribution < 1.29 is 19.1 Å². The fraction of sp³-hybridized carbons (Fsp3) is 0.600. The van der Waals surface area contributed by atoms with Gasteiger partial charge in [0.05, 0.1) is 20.3 Å². The molecule has 0 radical (unpaired) electrons. The van der Waals surface area contributed by atoms with Crippen molar-refractivity contribution in [3.8, 4) is 0 Å². The quantitative estimate of drug-likeness (QED) is 0.499. The summed E-state index contributed by atoms with van der Waals surface area (Å²) < 4.78 is 9.10. The minimum Gasteiger partial charge on any atom is -0.466 e. The monoisotopic (exact) mass is 213 g/mol. The molecule has 0 saturated carbocycles. The van der Waals surface area contributed by atoms with Crippen molar-refractivity contribution in [2.45, 2.75) is 12.8 Å². The summed E-state index contributed by atoms with van der Waals surface area (Å²) in [6.45, 7) is 1.55. The van der Waals surface area contributed by atoms with Crippen LogP contribution in [0.25, 0.3) is 0 Å². The Kier molecular flexibility index (Phi) is 4.15. The van der Waals surface area contributed by atoms with Gasteiger partial charge in [0.15, 0.2) is 0 Å². The summed E-state index contributed by atoms with van der Waals surface area (Å²) in [6.07, 6.45) is 3.22. The highest BCUT2D eigenvalue weighted by Gasteiger charge is 2.22. The van der Waals surface area contributed by atoms with Crippen LogP contribution in [0.2, 0.25) is 0 Å². The van der Waals surface area contributed by atoms with Crippen LogP contribution < -0.4 is 0 Å². The lowest BCUT2D eigenvalue weighted by Gasteiger charge is -2.18. The molecule has 0 spiro atoms. The molecule has 1 saturated heterocycles. The number of hydrogen-bond acceptors (Lipinski definition) is 5. The smallest absolute Gasteiger partial charge is 0.354 e. The van der Waals surface area contributed by atoms with Gasteiger partial charge in [-0.25, -0.2) is 9.59 Å². The molecule has 0 unspecified atom stereocenters. The third kappa shape index (κ3) is 2.97. The van der Waals surface area contributed by atoms with Gasteiger partial charge in [0, 0.05) is 13.1 Å². The first-order chi connectivity index (χ1) is 7.19. The maximum atomic E-state index is 11.4. The number of methoxy groups -OCH3 is 2. The molecular weight excluding hydrogens is 198 g/mol. The van der Waals surface area contributed by atoms with Crippen molar-refractivity contribution in [3.63, 3.8) is 0 Å². The topological polar surface area (TPSA) is 55.8 Å². The average Bonchev–Trinajstić information content (AvgIpc) is 2.77. The van der Waals surface area contributed by atoms with Crippen molar-refractivity contribution in [1.29, 1.82) is 0 Å². The van der Waals surface area contributed by atoms with Gasteiger partial charge in [0.1, 0.15) is 5.70 Å². The van der Waals surface area contributed by atoms with Crippen molar-refractivity contribution in [1.82, 2.24) is 4.90 Å². The number of carbonyl (C=O) groups excluding carboxylic acids is 2. The zero-order chi connectivity index (χ0) is 11.3. The summed E-state index contributed by atoms with van der Waals surface area (Å²) in [7, 11) is 2.57. The molecule has 1 rings (SSSR count). The molecule has 5 nitrogen and oxygen atoms in total. The molecule has 5 heteroatoms. The second-order valence-corrected chi connectivity index (χ2v) is 3.24. The van der Waals surface area contributed by atoms with Gasteiger partial charge < -0.3 is 14.4 Å². The molecule has 0 atom stereocenters. The lowest BCUT2D eigenvalue weighted by Crippen LogP contribution is -2.26. The van der Waals surface area contributed by atoms with E-state index in [4.69, 9.17) is 0 Å². The Balaban J connectivity index is 2.81. The van der Waals surface area contributed by atoms with Crippen LogP contribution in [0.5, 0.6) is 0 Å². The fourth-order valence-corrected chi connectivity index (χ4v) is 1.51. The Labute approximate surface area is 88.6 Å². The molecule has 0 amide bonds. The van der Waals surface area contributed by atoms with Gasteiger partial charge >= 0.3 is 11.9 Å². The van der Waals surface area contributed by atoms with Gasteiger partial charge in [-0.3, -0.25) is 0 Å². The molecule has 15 heavy (non-hydrogen) atoms. The molecule has 0 N–H and O–H groups in total. The van der Waals surface area contributed by atoms with Crippen molar-refractivity contribution >= 4 is 11.9 Å². The summed E-state index contributed by atoms with van der Waals surface area (Å²) in [6, 6.07) is 0. The van der Waals surface area contributed by atoms with Gasteiger partial charge in [0.25, 0.3) is 0 Å². The molecule has 1 aliphatic rings. The van der Waals surface area contributed by atoms with Crippen LogP contribution in [-0.2, 0) is 19.1 Å². The number of ether oxygens (including phenoxy) is 2. The Hall–Kier alpha value is -1.52. The van der Waals surface area contributed by atoms with Crippen molar-refractivity contribution in [2.24, 2.45) is 0 Å². The van der Waals surface area contributed by atoms with Crippen LogP contribution in [0.4, 0.5) is 0 Å². The number of rotatable bonds is 3. The molecule has 1 fully saturated rings. The zero-order valence-corrected chi connectivity index (χ0v) is 8.99. The normalized spacial score (nSPS) is 16.4. The fourth-order valence-electron chi connectivity index (χ4n) is 1.51. The minimum atomic E-state index is -0.540. The SMILES string of the molecule is COC(=O)C=C(C(=O)OC)N1CCCC1. The largest absolute Gasteiger partial charge is 0.466 e. The van der Waals surface area contributed by atoms with Gasteiger partial charge in [-0.05, 0) is 12.8 Å². The number of carbonyl (C=O) groups is 2. The van der Waals surface area contributed by atoms with Crippen LogP contribution in [0, 0.1) is 0 Å². The van der Waals surface area contributed by atoms with E-state index in [9.17, 15) is 9.59 Å². The maximum absolute atomic E-state index is 11.4. The summed E-state index contributed by atoms with van der Waals surface area (Å²) >= 11 is 0. The number of esters is 2. The zero-order valence-electron chi connectivity index (χ0n) is 8.99. The third-order valence-corrected chi connectivity index (χ3v) is 2.30. The first-order valence-corrected chi connectivity index (χ1v) is 4.82. The van der Waals surface area contributed by atoms with E-state index < -0.39 is 11.9 Å². The summed E-state index contributed by atoms with van der Waals surface area (Å²) in [5.74, 6) is -1.04. The van der Waals surface area contributed by atoms with Crippen molar-refractivity contribution in [2.75, 3.05) is 27.3 Å². The minimum absolute atomic E-state index is 0.279. The molecule has 0 bridgehead atoms. The molecule has 1 aliphatic heterocycles. The van der Waals surface area contributed by atoms with Gasteiger partial charge in [0.2, 0.25) is 0 Å². The molecule has 0 aromatic heterocycles. The molecular formula is C10H15NO4. The lowest BCUT2D eigenvalue weighted by molar-refractivity contribution is -0.139. The van der Waals surface area contributed by atoms with Gasteiger partial charge in [-0.15, -0.1) is 0 Å². The number of likely N-dealkylation sites (tertiary alicyclic amines) is 1. The first-order valence-electron chi connectivity index (χ1n) is 4.82. The first kappa shape index (κ1) is 11.6. The van der Waals surface area contributed by atoms with Gasteiger partial charge in [-0.2, -0.15) is 0 Å². The van der Waals surface area contributed by atoms with Crippen molar-refractivity contribution in [3.05, 3.63) is 11.8 Å². The summed E-state index contributed by atoms with van der Waals surface area (Å²) in [5.41, 5.74) is 0.279. The van der Waals surface area contributed by atoms with E-state index in [0.29, 0.717) is 0 Å². The van der Waals surface area contributed by atoms with Crippen LogP contribution in [0.1, 0.15) is 12.8 Å². The highest BCUT2D eigenvalue weighted by atomic mass is 16.5. The predicted molar refractivity (Wildman–Crippen MR) is 52.9 cm³/mol. The standard InChI is InChI=1S/C10H15NO4/c1-14-9(12)7-8(10(13)15-2)11-5-3-4-6-11/h7H,3-6H2,1-2H3. The molecule has 0 aromatic rings. The number of nitrogens with zero attached hydrogens (tertiary/aromatic N) is 1.